The molecule has 0 N–H and O–H groups in total. The molecule has 0 unspecified atom stereocenters. The van der Waals surface area contributed by atoms with Crippen LogP contribution in [0.2, 0.25) is 0 Å². The molecule has 3 rings (SSSR count). The Kier molecular flexibility index (Phi) is 6.86. The highest BCUT2D eigenvalue weighted by molar-refractivity contribution is 8.26. The Bertz CT molecular complexity index is 1050. The normalized spacial score (nSPS) is 14.8. The number of para-hydroxylation sites is 1. The van der Waals surface area contributed by atoms with E-state index >= 15 is 0 Å². The smallest absolute Gasteiger partial charge is 0.276 e. The number of carbonyl (C=O) groups excluding carboxylic acids is 1. The predicted octanol–water partition coefficient (Wildman–Crippen LogP) is 4.57. The van der Waals surface area contributed by atoms with Gasteiger partial charge in [0.05, 0.1) is 22.5 Å². The summed E-state index contributed by atoms with van der Waals surface area (Å²) >= 11 is 6.47. The van der Waals surface area contributed by atoms with Crippen LogP contribution in [-0.4, -0.2) is 33.7 Å². The van der Waals surface area contributed by atoms with Crippen molar-refractivity contribution in [1.29, 1.82) is 0 Å². The van der Waals surface area contributed by atoms with Crippen molar-refractivity contribution in [1.82, 2.24) is 4.90 Å². The number of rotatable bonds is 8. The molecule has 1 heterocycles. The lowest BCUT2D eigenvalue weighted by atomic mass is 10.1. The monoisotopic (exact) mass is 442 g/mol. The maximum atomic E-state index is 12.5. The highest BCUT2D eigenvalue weighted by atomic mass is 32.2. The van der Waals surface area contributed by atoms with Gasteiger partial charge >= 0.3 is 0 Å². The summed E-state index contributed by atoms with van der Waals surface area (Å²) in [6.07, 6.45) is 3.36. The first-order valence-corrected chi connectivity index (χ1v) is 10.1. The maximum absolute atomic E-state index is 12.5. The Morgan fingerprint density at radius 2 is 2.03 bits per heavy atom. The number of hydrogen-bond donors (Lipinski definition) is 0. The van der Waals surface area contributed by atoms with E-state index in [4.69, 9.17) is 21.7 Å². The summed E-state index contributed by atoms with van der Waals surface area (Å²) in [6.45, 7) is 4.02. The van der Waals surface area contributed by atoms with Crippen LogP contribution in [0.4, 0.5) is 5.69 Å². The molecule has 1 amide bonds. The number of hydrogen-bond acceptors (Lipinski definition) is 7. The molecule has 0 bridgehead atoms. The van der Waals surface area contributed by atoms with Crippen LogP contribution in [0.5, 0.6) is 11.5 Å². The van der Waals surface area contributed by atoms with E-state index in [1.165, 1.54) is 29.8 Å². The summed E-state index contributed by atoms with van der Waals surface area (Å²) in [5.74, 6) is 0.719. The second-order valence-electron chi connectivity index (χ2n) is 6.17. The summed E-state index contributed by atoms with van der Waals surface area (Å²) in [5, 5.41) is 11.2. The minimum atomic E-state index is -0.443. The molecule has 1 aliphatic rings. The van der Waals surface area contributed by atoms with Crippen LogP contribution in [-0.2, 0) is 11.4 Å². The number of nitro benzene ring substituents is 1. The first-order chi connectivity index (χ1) is 14.4. The van der Waals surface area contributed by atoms with Gasteiger partial charge in [0.25, 0.3) is 11.6 Å². The first kappa shape index (κ1) is 21.5. The van der Waals surface area contributed by atoms with Crippen LogP contribution in [0.3, 0.4) is 0 Å². The second-order valence-corrected chi connectivity index (χ2v) is 7.84. The van der Waals surface area contributed by atoms with Gasteiger partial charge in [0, 0.05) is 12.6 Å². The van der Waals surface area contributed by atoms with Crippen molar-refractivity contribution >= 4 is 46.0 Å². The standard InChI is InChI=1S/C21H18N2O5S2/c1-3-10-22-20(24)19(30-21(22)29)12-14-8-9-17(18(11-14)27-2)28-13-15-6-4-5-7-16(15)23(25)26/h3-9,11-12H,1,10,13H2,2H3. The molecule has 9 heteroatoms. The first-order valence-electron chi connectivity index (χ1n) is 8.84. The number of nitrogens with zero attached hydrogens (tertiary/aromatic N) is 2. The number of nitro groups is 1. The van der Waals surface area contributed by atoms with E-state index in [1.807, 2.05) is 0 Å². The summed E-state index contributed by atoms with van der Waals surface area (Å²) in [6, 6.07) is 11.6. The fourth-order valence-electron chi connectivity index (χ4n) is 2.80. The average molecular weight is 443 g/mol. The third-order valence-electron chi connectivity index (χ3n) is 4.24. The van der Waals surface area contributed by atoms with Gasteiger partial charge in [-0.25, -0.2) is 0 Å². The average Bonchev–Trinajstić information content (AvgIpc) is 3.00. The maximum Gasteiger partial charge on any atom is 0.276 e. The third-order valence-corrected chi connectivity index (χ3v) is 5.62. The van der Waals surface area contributed by atoms with E-state index in [2.05, 4.69) is 6.58 Å². The molecule has 0 aliphatic carbocycles. The molecule has 0 atom stereocenters. The van der Waals surface area contributed by atoms with Crippen molar-refractivity contribution in [3.05, 3.63) is 81.3 Å². The van der Waals surface area contributed by atoms with Crippen LogP contribution in [0.1, 0.15) is 11.1 Å². The summed E-state index contributed by atoms with van der Waals surface area (Å²) in [4.78, 5) is 25.2. The molecule has 1 fully saturated rings. The lowest BCUT2D eigenvalue weighted by Crippen LogP contribution is -2.27. The molecule has 2 aromatic rings. The Hall–Kier alpha value is -3.17. The number of thiocarbonyl (C=S) groups is 1. The Morgan fingerprint density at radius 1 is 1.27 bits per heavy atom. The van der Waals surface area contributed by atoms with E-state index in [-0.39, 0.29) is 18.2 Å². The number of amides is 1. The summed E-state index contributed by atoms with van der Waals surface area (Å²) in [5.41, 5.74) is 1.19. The quantitative estimate of drug-likeness (QED) is 0.195. The largest absolute Gasteiger partial charge is 0.493 e. The highest BCUT2D eigenvalue weighted by Crippen LogP contribution is 2.35. The van der Waals surface area contributed by atoms with E-state index in [1.54, 1.807) is 48.6 Å². The molecule has 0 spiro atoms. The summed E-state index contributed by atoms with van der Waals surface area (Å²) < 4.78 is 11.6. The van der Waals surface area contributed by atoms with Crippen molar-refractivity contribution in [2.45, 2.75) is 6.61 Å². The molecule has 154 valence electrons. The van der Waals surface area contributed by atoms with Gasteiger partial charge in [0.2, 0.25) is 0 Å². The van der Waals surface area contributed by atoms with Crippen LogP contribution in [0, 0.1) is 10.1 Å². The molecule has 0 saturated carbocycles. The van der Waals surface area contributed by atoms with Gasteiger partial charge in [0.15, 0.2) is 11.5 Å². The number of thioether (sulfide) groups is 1. The minimum absolute atomic E-state index is 0.00496. The van der Waals surface area contributed by atoms with E-state index in [0.29, 0.717) is 32.8 Å². The molecule has 1 aliphatic heterocycles. The fourth-order valence-corrected chi connectivity index (χ4v) is 4.07. The van der Waals surface area contributed by atoms with E-state index in [9.17, 15) is 14.9 Å². The lowest BCUT2D eigenvalue weighted by molar-refractivity contribution is -0.385. The van der Waals surface area contributed by atoms with E-state index < -0.39 is 4.92 Å². The number of ether oxygens (including phenoxy) is 2. The number of carbonyl (C=O) groups is 1. The van der Waals surface area contributed by atoms with Crippen LogP contribution < -0.4 is 9.47 Å². The van der Waals surface area contributed by atoms with Gasteiger partial charge in [0.1, 0.15) is 10.9 Å². The third kappa shape index (κ3) is 4.69. The van der Waals surface area contributed by atoms with Gasteiger partial charge in [-0.1, -0.05) is 48.3 Å². The molecule has 1 saturated heterocycles. The minimum Gasteiger partial charge on any atom is -0.493 e. The summed E-state index contributed by atoms with van der Waals surface area (Å²) in [7, 11) is 1.50. The Morgan fingerprint density at radius 3 is 2.73 bits per heavy atom. The predicted molar refractivity (Wildman–Crippen MR) is 120 cm³/mol. The molecule has 7 nitrogen and oxygen atoms in total. The van der Waals surface area contributed by atoms with Crippen molar-refractivity contribution in [3.63, 3.8) is 0 Å². The molecule has 0 aromatic heterocycles. The van der Waals surface area contributed by atoms with Crippen LogP contribution in [0.25, 0.3) is 6.08 Å². The SMILES string of the molecule is C=CCN1C(=O)C(=Cc2ccc(OCc3ccccc3[N+](=O)[O-])c(OC)c2)SC1=S. The molecule has 30 heavy (non-hydrogen) atoms. The fraction of sp³-hybridized carbons (Fsp3) is 0.143. The van der Waals surface area contributed by atoms with Gasteiger partial charge in [-0.15, -0.1) is 6.58 Å². The molecule has 0 radical (unpaired) electrons. The van der Waals surface area contributed by atoms with Crippen LogP contribution in [0.15, 0.2) is 60.0 Å². The molecular weight excluding hydrogens is 424 g/mol. The second kappa shape index (κ2) is 9.55. The highest BCUT2D eigenvalue weighted by Gasteiger charge is 2.31. The van der Waals surface area contributed by atoms with Gasteiger partial charge in [-0.2, -0.15) is 0 Å². The number of benzene rings is 2. The van der Waals surface area contributed by atoms with Gasteiger partial charge in [-0.3, -0.25) is 19.8 Å². The topological polar surface area (TPSA) is 81.9 Å². The zero-order valence-electron chi connectivity index (χ0n) is 16.1. The zero-order valence-corrected chi connectivity index (χ0v) is 17.7. The zero-order chi connectivity index (χ0) is 21.7. The van der Waals surface area contributed by atoms with Gasteiger partial charge < -0.3 is 9.47 Å². The van der Waals surface area contributed by atoms with Crippen molar-refractivity contribution in [3.8, 4) is 11.5 Å². The number of methoxy groups -OCH3 is 1. The Labute approximate surface area is 183 Å². The van der Waals surface area contributed by atoms with Crippen LogP contribution >= 0.6 is 24.0 Å². The van der Waals surface area contributed by atoms with Crippen molar-refractivity contribution < 1.29 is 19.2 Å². The Balaban J connectivity index is 1.79. The molecule has 2 aromatic carbocycles. The van der Waals surface area contributed by atoms with E-state index in [0.717, 1.165) is 5.56 Å². The lowest BCUT2D eigenvalue weighted by Gasteiger charge is -2.12. The molecular formula is C21H18N2O5S2. The van der Waals surface area contributed by atoms with Crippen molar-refractivity contribution in [2.24, 2.45) is 0 Å². The van der Waals surface area contributed by atoms with Gasteiger partial charge in [-0.05, 0) is 29.8 Å². The van der Waals surface area contributed by atoms with Crippen molar-refractivity contribution in [2.75, 3.05) is 13.7 Å².